The van der Waals surface area contributed by atoms with Crippen LogP contribution >= 0.6 is 0 Å². The quantitative estimate of drug-likeness (QED) is 0.598. The Kier molecular flexibility index (Phi) is 5.17. The van der Waals surface area contributed by atoms with Gasteiger partial charge in [-0.2, -0.15) is 0 Å². The van der Waals surface area contributed by atoms with Gasteiger partial charge in [0.1, 0.15) is 11.6 Å². The highest BCUT2D eigenvalue weighted by atomic mass is 19.1. The molecule has 1 nitrogen and oxygen atoms in total. The van der Waals surface area contributed by atoms with Gasteiger partial charge < -0.3 is 4.74 Å². The summed E-state index contributed by atoms with van der Waals surface area (Å²) < 4.78 is 20.0. The molecule has 2 aromatic carbocycles. The molecule has 0 bridgehead atoms. The van der Waals surface area contributed by atoms with Gasteiger partial charge >= 0.3 is 0 Å². The minimum atomic E-state index is -0.181. The number of hydrogen-bond acceptors (Lipinski definition) is 1. The fraction of sp³-hybridized carbons (Fsp3) is 0.478. The van der Waals surface area contributed by atoms with Gasteiger partial charge in [-0.1, -0.05) is 51.8 Å². The molecule has 0 spiro atoms. The van der Waals surface area contributed by atoms with Gasteiger partial charge in [0.15, 0.2) is 0 Å². The van der Waals surface area contributed by atoms with Crippen LogP contribution in [-0.4, -0.2) is 7.11 Å². The van der Waals surface area contributed by atoms with E-state index in [2.05, 4.69) is 39.0 Å². The van der Waals surface area contributed by atoms with Gasteiger partial charge in [-0.3, -0.25) is 0 Å². The van der Waals surface area contributed by atoms with E-state index in [1.165, 1.54) is 42.9 Å². The molecule has 0 aromatic heterocycles. The lowest BCUT2D eigenvalue weighted by Crippen LogP contribution is -2.26. The molecule has 1 aliphatic carbocycles. The molecule has 1 atom stereocenters. The summed E-state index contributed by atoms with van der Waals surface area (Å²) in [5.41, 5.74) is 4.54. The van der Waals surface area contributed by atoms with Gasteiger partial charge in [-0.05, 0) is 65.5 Å². The number of methoxy groups -OCH3 is 1. The zero-order chi connectivity index (χ0) is 18.0. The van der Waals surface area contributed by atoms with Crippen LogP contribution < -0.4 is 4.74 Å². The van der Waals surface area contributed by atoms with Crippen LogP contribution in [0.1, 0.15) is 63.5 Å². The molecule has 0 aliphatic heterocycles. The van der Waals surface area contributed by atoms with E-state index in [0.717, 1.165) is 12.0 Å². The van der Waals surface area contributed by atoms with Gasteiger partial charge in [0.05, 0.1) is 7.11 Å². The van der Waals surface area contributed by atoms with Crippen molar-refractivity contribution in [3.63, 3.8) is 0 Å². The molecule has 0 amide bonds. The van der Waals surface area contributed by atoms with Crippen molar-refractivity contribution in [2.75, 3.05) is 7.11 Å². The molecule has 3 rings (SSSR count). The van der Waals surface area contributed by atoms with Crippen molar-refractivity contribution in [1.29, 1.82) is 0 Å². The van der Waals surface area contributed by atoms with Crippen molar-refractivity contribution in [3.05, 3.63) is 53.3 Å². The Bertz CT molecular complexity index is 748. The minimum Gasteiger partial charge on any atom is -0.497 e. The van der Waals surface area contributed by atoms with Crippen LogP contribution in [-0.2, 0) is 6.42 Å². The predicted molar refractivity (Wildman–Crippen MR) is 103 cm³/mol. The van der Waals surface area contributed by atoms with Crippen LogP contribution in [0, 0.1) is 11.2 Å². The average molecular weight is 340 g/mol. The van der Waals surface area contributed by atoms with Crippen molar-refractivity contribution in [2.45, 2.75) is 58.8 Å². The van der Waals surface area contributed by atoms with Crippen molar-refractivity contribution in [2.24, 2.45) is 5.41 Å². The summed E-state index contributed by atoms with van der Waals surface area (Å²) in [6.45, 7) is 6.90. The molecule has 0 radical (unpaired) electrons. The van der Waals surface area contributed by atoms with Gasteiger partial charge in [-0.15, -0.1) is 0 Å². The fourth-order valence-corrected chi connectivity index (χ4v) is 4.27. The van der Waals surface area contributed by atoms with E-state index in [0.29, 0.717) is 17.2 Å². The van der Waals surface area contributed by atoms with Crippen LogP contribution in [0.15, 0.2) is 36.4 Å². The molecule has 2 aromatic rings. The minimum absolute atomic E-state index is 0.181. The second-order valence-electron chi connectivity index (χ2n) is 7.91. The average Bonchev–Trinajstić information content (AvgIpc) is 2.61. The van der Waals surface area contributed by atoms with Crippen LogP contribution in [0.3, 0.4) is 0 Å². The molecule has 1 aliphatic rings. The molecule has 1 fully saturated rings. The molecular weight excluding hydrogens is 311 g/mol. The second kappa shape index (κ2) is 7.19. The lowest BCUT2D eigenvalue weighted by molar-refractivity contribution is 0.200. The highest BCUT2D eigenvalue weighted by molar-refractivity contribution is 5.71. The standard InChI is InChI=1S/C23H29FO/c1-5-16-9-11-18(20-15-17(25-4)10-12-22(20)24)19(14-16)21-8-6-7-13-23(21,2)3/h9-12,14-15,21H,5-8,13H2,1-4H3. The molecular formula is C23H29FO. The van der Waals surface area contributed by atoms with E-state index in [1.54, 1.807) is 13.2 Å². The summed E-state index contributed by atoms with van der Waals surface area (Å²) in [7, 11) is 1.63. The Morgan fingerprint density at radius 3 is 2.56 bits per heavy atom. The zero-order valence-electron chi connectivity index (χ0n) is 15.9. The van der Waals surface area contributed by atoms with E-state index >= 15 is 0 Å². The summed E-state index contributed by atoms with van der Waals surface area (Å²) in [5, 5.41) is 0. The maximum atomic E-state index is 14.7. The fourth-order valence-electron chi connectivity index (χ4n) is 4.27. The molecule has 1 saturated carbocycles. The smallest absolute Gasteiger partial charge is 0.131 e. The van der Waals surface area contributed by atoms with E-state index < -0.39 is 0 Å². The zero-order valence-corrected chi connectivity index (χ0v) is 15.9. The SMILES string of the molecule is CCc1ccc(-c2cc(OC)ccc2F)c(C2CCCCC2(C)C)c1. The first-order valence-corrected chi connectivity index (χ1v) is 9.43. The number of hydrogen-bond donors (Lipinski definition) is 0. The molecule has 134 valence electrons. The van der Waals surface area contributed by atoms with Crippen LogP contribution in [0.25, 0.3) is 11.1 Å². The Balaban J connectivity index is 2.17. The Hall–Kier alpha value is -1.83. The third-order valence-corrected chi connectivity index (χ3v) is 5.87. The molecule has 2 heteroatoms. The van der Waals surface area contributed by atoms with Crippen molar-refractivity contribution < 1.29 is 9.13 Å². The maximum Gasteiger partial charge on any atom is 0.131 e. The summed E-state index contributed by atoms with van der Waals surface area (Å²) >= 11 is 0. The molecule has 0 saturated heterocycles. The van der Waals surface area contributed by atoms with Gasteiger partial charge in [0.2, 0.25) is 0 Å². The number of halogens is 1. The van der Waals surface area contributed by atoms with Gasteiger partial charge in [-0.25, -0.2) is 4.39 Å². The summed E-state index contributed by atoms with van der Waals surface area (Å²) in [6, 6.07) is 11.6. The number of benzene rings is 2. The van der Waals surface area contributed by atoms with Crippen LogP contribution in [0.5, 0.6) is 5.75 Å². The van der Waals surface area contributed by atoms with Crippen molar-refractivity contribution in [3.8, 4) is 16.9 Å². The predicted octanol–water partition coefficient (Wildman–Crippen LogP) is 6.75. The van der Waals surface area contributed by atoms with Crippen molar-refractivity contribution in [1.82, 2.24) is 0 Å². The lowest BCUT2D eigenvalue weighted by Gasteiger charge is -2.40. The second-order valence-corrected chi connectivity index (χ2v) is 7.91. The summed E-state index contributed by atoms with van der Waals surface area (Å²) in [6.07, 6.45) is 5.96. The van der Waals surface area contributed by atoms with E-state index in [4.69, 9.17) is 4.74 Å². The van der Waals surface area contributed by atoms with Gasteiger partial charge in [0, 0.05) is 5.56 Å². The monoisotopic (exact) mass is 340 g/mol. The Labute approximate surface area is 151 Å². The van der Waals surface area contributed by atoms with Crippen LogP contribution in [0.4, 0.5) is 4.39 Å². The topological polar surface area (TPSA) is 9.23 Å². The highest BCUT2D eigenvalue weighted by Crippen LogP contribution is 2.49. The molecule has 0 N–H and O–H groups in total. The normalized spacial score (nSPS) is 19.6. The third-order valence-electron chi connectivity index (χ3n) is 5.87. The maximum absolute atomic E-state index is 14.7. The third kappa shape index (κ3) is 3.58. The Morgan fingerprint density at radius 1 is 1.08 bits per heavy atom. The molecule has 0 heterocycles. The first kappa shape index (κ1) is 18.0. The van der Waals surface area contributed by atoms with E-state index in [9.17, 15) is 4.39 Å². The van der Waals surface area contributed by atoms with E-state index in [-0.39, 0.29) is 11.2 Å². The van der Waals surface area contributed by atoms with Crippen LogP contribution in [0.2, 0.25) is 0 Å². The van der Waals surface area contributed by atoms with E-state index in [1.807, 2.05) is 6.07 Å². The first-order chi connectivity index (χ1) is 12.0. The van der Waals surface area contributed by atoms with Gasteiger partial charge in [0.25, 0.3) is 0 Å². The van der Waals surface area contributed by atoms with Crippen molar-refractivity contribution >= 4 is 0 Å². The largest absolute Gasteiger partial charge is 0.497 e. The molecule has 1 unspecified atom stereocenters. The molecule has 25 heavy (non-hydrogen) atoms. The summed E-state index contributed by atoms with van der Waals surface area (Å²) in [4.78, 5) is 0. The number of rotatable bonds is 4. The Morgan fingerprint density at radius 2 is 1.88 bits per heavy atom. The first-order valence-electron chi connectivity index (χ1n) is 9.43. The lowest BCUT2D eigenvalue weighted by atomic mass is 9.65. The highest BCUT2D eigenvalue weighted by Gasteiger charge is 2.35. The summed E-state index contributed by atoms with van der Waals surface area (Å²) in [5.74, 6) is 0.984. The number of ether oxygens (including phenoxy) is 1. The number of aryl methyl sites for hydroxylation is 1.